The van der Waals surface area contributed by atoms with Crippen LogP contribution in [-0.4, -0.2) is 29.8 Å². The number of carbonyl (C=O) groups is 2. The van der Waals surface area contributed by atoms with E-state index in [1.54, 1.807) is 0 Å². The van der Waals surface area contributed by atoms with Gasteiger partial charge in [0.05, 0.1) is 13.2 Å². The number of hydrogen-bond acceptors (Lipinski definition) is 3. The van der Waals surface area contributed by atoms with E-state index in [0.29, 0.717) is 0 Å². The third-order valence-electron chi connectivity index (χ3n) is 1.08. The molecule has 0 aliphatic carbocycles. The van der Waals surface area contributed by atoms with E-state index in [4.69, 9.17) is 5.73 Å². The first-order valence-corrected chi connectivity index (χ1v) is 3.03. The predicted molar refractivity (Wildman–Crippen MR) is 37.1 cm³/mol. The zero-order valence-corrected chi connectivity index (χ0v) is 6.26. The molecule has 10 heavy (non-hydrogen) atoms. The second-order valence-electron chi connectivity index (χ2n) is 2.10. The van der Waals surface area contributed by atoms with Crippen LogP contribution in [0.25, 0.3) is 0 Å². The smallest absolute Gasteiger partial charge is 0.220 e. The number of carbonyl (C=O) groups excluding carboxylic acids is 2. The highest BCUT2D eigenvalue weighted by molar-refractivity contribution is 5.83. The van der Waals surface area contributed by atoms with Crippen LogP contribution in [0, 0.1) is 0 Å². The average Bonchev–Trinajstić information content (AvgIpc) is 1.81. The lowest BCUT2D eigenvalue weighted by atomic mass is 10.4. The molecule has 0 rings (SSSR count). The lowest BCUT2D eigenvalue weighted by Crippen LogP contribution is -2.37. The monoisotopic (exact) mass is 144 g/mol. The lowest BCUT2D eigenvalue weighted by molar-refractivity contribution is -0.132. The second-order valence-corrected chi connectivity index (χ2v) is 2.10. The molecule has 4 heteroatoms. The van der Waals surface area contributed by atoms with Crippen LogP contribution in [0.15, 0.2) is 0 Å². The normalized spacial score (nSPS) is 9.10. The highest BCUT2D eigenvalue weighted by atomic mass is 16.2. The average molecular weight is 144 g/mol. The number of Topliss-reactive ketones (excluding diaryl/α,β-unsaturated/α-hetero) is 1. The summed E-state index contributed by atoms with van der Waals surface area (Å²) in [7, 11) is 0. The first kappa shape index (κ1) is 9.10. The molecule has 0 bridgehead atoms. The first-order valence-electron chi connectivity index (χ1n) is 3.03. The van der Waals surface area contributed by atoms with Crippen molar-refractivity contribution < 1.29 is 9.59 Å². The molecule has 0 aromatic heterocycles. The largest absolute Gasteiger partial charge is 0.323 e. The maximum Gasteiger partial charge on any atom is 0.220 e. The lowest BCUT2D eigenvalue weighted by Gasteiger charge is -2.15. The predicted octanol–water partition coefficient (Wildman–Crippen LogP) is -0.660. The molecule has 2 N–H and O–H groups in total. The molecule has 0 heterocycles. The molecule has 1 amide bonds. The molecule has 0 unspecified atom stereocenters. The Morgan fingerprint density at radius 3 is 2.00 bits per heavy atom. The molecule has 0 atom stereocenters. The van der Waals surface area contributed by atoms with Gasteiger partial charge in [-0.15, -0.1) is 0 Å². The molecule has 0 aromatic rings. The van der Waals surface area contributed by atoms with Gasteiger partial charge in [0.25, 0.3) is 0 Å². The van der Waals surface area contributed by atoms with Crippen molar-refractivity contribution in [3.8, 4) is 0 Å². The highest BCUT2D eigenvalue weighted by Crippen LogP contribution is 1.85. The molecule has 0 radical (unpaired) electrons. The van der Waals surface area contributed by atoms with Crippen LogP contribution in [0.5, 0.6) is 0 Å². The molecule has 0 aliphatic rings. The van der Waals surface area contributed by atoms with E-state index >= 15 is 0 Å². The Bertz CT molecular complexity index is 145. The van der Waals surface area contributed by atoms with Crippen molar-refractivity contribution in [2.24, 2.45) is 5.73 Å². The van der Waals surface area contributed by atoms with Crippen molar-refractivity contribution in [1.82, 2.24) is 4.90 Å². The van der Waals surface area contributed by atoms with Crippen LogP contribution < -0.4 is 5.73 Å². The number of amides is 1. The number of nitrogens with zero attached hydrogens (tertiary/aromatic N) is 1. The summed E-state index contributed by atoms with van der Waals surface area (Å²) in [5, 5.41) is 0. The van der Waals surface area contributed by atoms with Crippen molar-refractivity contribution >= 4 is 11.7 Å². The SMILES string of the molecule is CC(=O)CN(CN)C(C)=O. The Hall–Kier alpha value is -0.900. The minimum Gasteiger partial charge on any atom is -0.323 e. The van der Waals surface area contributed by atoms with Gasteiger partial charge >= 0.3 is 0 Å². The molecule has 0 saturated carbocycles. The Labute approximate surface area is 60.0 Å². The standard InChI is InChI=1S/C6H12N2O2/c1-5(9)3-8(4-7)6(2)10/h3-4,7H2,1-2H3. The fraction of sp³-hybridized carbons (Fsp3) is 0.667. The summed E-state index contributed by atoms with van der Waals surface area (Å²) in [6.07, 6.45) is 0. The van der Waals surface area contributed by atoms with Gasteiger partial charge in [0.1, 0.15) is 5.78 Å². The number of rotatable bonds is 3. The fourth-order valence-corrected chi connectivity index (χ4v) is 0.573. The van der Waals surface area contributed by atoms with Gasteiger partial charge in [0, 0.05) is 6.92 Å². The van der Waals surface area contributed by atoms with Crippen LogP contribution in [0.2, 0.25) is 0 Å². The number of nitrogens with two attached hydrogens (primary N) is 1. The third-order valence-corrected chi connectivity index (χ3v) is 1.08. The van der Waals surface area contributed by atoms with Crippen LogP contribution in [-0.2, 0) is 9.59 Å². The van der Waals surface area contributed by atoms with Crippen molar-refractivity contribution in [3.05, 3.63) is 0 Å². The zero-order valence-electron chi connectivity index (χ0n) is 6.26. The first-order chi connectivity index (χ1) is 4.57. The van der Waals surface area contributed by atoms with E-state index in [-0.39, 0.29) is 24.9 Å². The molecule has 0 fully saturated rings. The van der Waals surface area contributed by atoms with Crippen molar-refractivity contribution in [3.63, 3.8) is 0 Å². The Kier molecular flexibility index (Phi) is 3.64. The van der Waals surface area contributed by atoms with Crippen molar-refractivity contribution in [2.75, 3.05) is 13.2 Å². The Morgan fingerprint density at radius 2 is 1.90 bits per heavy atom. The van der Waals surface area contributed by atoms with E-state index in [9.17, 15) is 9.59 Å². The second kappa shape index (κ2) is 4.00. The van der Waals surface area contributed by atoms with E-state index < -0.39 is 0 Å². The minimum atomic E-state index is -0.169. The quantitative estimate of drug-likeness (QED) is 0.535. The van der Waals surface area contributed by atoms with E-state index in [1.807, 2.05) is 0 Å². The molecular formula is C6H12N2O2. The van der Waals surface area contributed by atoms with E-state index in [2.05, 4.69) is 0 Å². The van der Waals surface area contributed by atoms with Gasteiger partial charge in [0.2, 0.25) is 5.91 Å². The Balaban J connectivity index is 3.83. The van der Waals surface area contributed by atoms with Crippen LogP contribution >= 0.6 is 0 Å². The molecule has 58 valence electrons. The highest BCUT2D eigenvalue weighted by Gasteiger charge is 2.06. The van der Waals surface area contributed by atoms with Gasteiger partial charge in [-0.25, -0.2) is 0 Å². The summed E-state index contributed by atoms with van der Waals surface area (Å²) < 4.78 is 0. The fourth-order valence-electron chi connectivity index (χ4n) is 0.573. The maximum atomic E-state index is 10.6. The van der Waals surface area contributed by atoms with Gasteiger partial charge in [-0.3, -0.25) is 9.59 Å². The molecule has 0 aliphatic heterocycles. The molecule has 0 spiro atoms. The number of hydrogen-bond donors (Lipinski definition) is 1. The van der Waals surface area contributed by atoms with Crippen LogP contribution in [0.1, 0.15) is 13.8 Å². The summed E-state index contributed by atoms with van der Waals surface area (Å²) in [5.41, 5.74) is 5.17. The van der Waals surface area contributed by atoms with Gasteiger partial charge in [0.15, 0.2) is 0 Å². The summed E-state index contributed by atoms with van der Waals surface area (Å²) in [4.78, 5) is 22.4. The van der Waals surface area contributed by atoms with E-state index in [1.165, 1.54) is 18.7 Å². The summed E-state index contributed by atoms with van der Waals surface area (Å²) in [5.74, 6) is -0.224. The number of ketones is 1. The molecule has 4 nitrogen and oxygen atoms in total. The van der Waals surface area contributed by atoms with Crippen LogP contribution in [0.4, 0.5) is 0 Å². The summed E-state index contributed by atoms with van der Waals surface area (Å²) >= 11 is 0. The summed E-state index contributed by atoms with van der Waals surface area (Å²) in [6, 6.07) is 0. The molecule has 0 saturated heterocycles. The van der Waals surface area contributed by atoms with Crippen molar-refractivity contribution in [2.45, 2.75) is 13.8 Å². The Morgan fingerprint density at radius 1 is 1.40 bits per heavy atom. The van der Waals surface area contributed by atoms with Crippen LogP contribution in [0.3, 0.4) is 0 Å². The van der Waals surface area contributed by atoms with Gasteiger partial charge in [-0.1, -0.05) is 0 Å². The van der Waals surface area contributed by atoms with E-state index in [0.717, 1.165) is 0 Å². The molecular weight excluding hydrogens is 132 g/mol. The third kappa shape index (κ3) is 3.19. The summed E-state index contributed by atoms with van der Waals surface area (Å²) in [6.45, 7) is 3.03. The zero-order chi connectivity index (χ0) is 8.15. The molecule has 0 aromatic carbocycles. The topological polar surface area (TPSA) is 63.4 Å². The van der Waals surface area contributed by atoms with Gasteiger partial charge in [-0.05, 0) is 6.92 Å². The van der Waals surface area contributed by atoms with Crippen molar-refractivity contribution in [1.29, 1.82) is 0 Å². The maximum absolute atomic E-state index is 10.6. The van der Waals surface area contributed by atoms with Gasteiger partial charge < -0.3 is 10.6 Å². The van der Waals surface area contributed by atoms with Gasteiger partial charge in [-0.2, -0.15) is 0 Å². The minimum absolute atomic E-state index is 0.0550.